The second kappa shape index (κ2) is 4.67. The highest BCUT2D eigenvalue weighted by Gasteiger charge is 2.04. The highest BCUT2D eigenvalue weighted by Crippen LogP contribution is 2.16. The highest BCUT2D eigenvalue weighted by molar-refractivity contribution is 7.10. The summed E-state index contributed by atoms with van der Waals surface area (Å²) in [7, 11) is 0. The van der Waals surface area contributed by atoms with Gasteiger partial charge in [-0.2, -0.15) is 4.37 Å². The molecule has 2 aromatic rings. The number of hydrogen-bond donors (Lipinski definition) is 1. The van der Waals surface area contributed by atoms with Crippen LogP contribution < -0.4 is 5.32 Å². The Bertz CT molecular complexity index is 435. The zero-order valence-electron chi connectivity index (χ0n) is 8.65. The maximum absolute atomic E-state index is 4.34. The Balaban J connectivity index is 1.96. The summed E-state index contributed by atoms with van der Waals surface area (Å²) in [5, 5.41) is 4.15. The highest BCUT2D eigenvalue weighted by atomic mass is 32.1. The largest absolute Gasteiger partial charge is 0.355 e. The van der Waals surface area contributed by atoms with E-state index in [0.717, 1.165) is 29.6 Å². The first-order valence-electron chi connectivity index (χ1n) is 4.75. The minimum Gasteiger partial charge on any atom is -0.355 e. The maximum atomic E-state index is 4.34. The topological polar surface area (TPSA) is 50.7 Å². The molecule has 2 rings (SSSR count). The van der Waals surface area contributed by atoms with E-state index in [1.807, 2.05) is 12.4 Å². The van der Waals surface area contributed by atoms with Gasteiger partial charge in [-0.3, -0.25) is 0 Å². The van der Waals surface area contributed by atoms with Gasteiger partial charge in [0.1, 0.15) is 5.82 Å². The molecule has 2 aromatic heterocycles. The van der Waals surface area contributed by atoms with Gasteiger partial charge >= 0.3 is 0 Å². The molecular weight excluding hydrogens is 228 g/mol. The second-order valence-corrected chi connectivity index (χ2v) is 4.77. The summed E-state index contributed by atoms with van der Waals surface area (Å²) in [5.74, 6) is 0.906. The van der Waals surface area contributed by atoms with Crippen molar-refractivity contribution in [2.75, 3.05) is 5.32 Å². The van der Waals surface area contributed by atoms with Crippen molar-refractivity contribution in [1.29, 1.82) is 0 Å². The average molecular weight is 240 g/mol. The van der Waals surface area contributed by atoms with Gasteiger partial charge in [-0.15, -0.1) is 11.3 Å². The van der Waals surface area contributed by atoms with E-state index >= 15 is 0 Å². The van der Waals surface area contributed by atoms with E-state index < -0.39 is 0 Å². The fourth-order valence-corrected chi connectivity index (χ4v) is 2.48. The molecule has 0 atom stereocenters. The van der Waals surface area contributed by atoms with Crippen molar-refractivity contribution in [3.05, 3.63) is 21.9 Å². The van der Waals surface area contributed by atoms with E-state index in [-0.39, 0.29) is 0 Å². The summed E-state index contributed by atoms with van der Waals surface area (Å²) in [5.41, 5.74) is 2.96. The van der Waals surface area contributed by atoms with Gasteiger partial charge < -0.3 is 5.32 Å². The Hall–Kier alpha value is -1.01. The van der Waals surface area contributed by atoms with E-state index in [1.54, 1.807) is 11.3 Å². The SMILES string of the molecule is CCc1nsc(NCc2scnc2C)n1. The molecule has 2 heterocycles. The summed E-state index contributed by atoms with van der Waals surface area (Å²) in [6.07, 6.45) is 0.887. The van der Waals surface area contributed by atoms with Gasteiger partial charge in [-0.05, 0) is 6.92 Å². The van der Waals surface area contributed by atoms with Crippen LogP contribution in [0.25, 0.3) is 0 Å². The zero-order valence-corrected chi connectivity index (χ0v) is 10.3. The van der Waals surface area contributed by atoms with Gasteiger partial charge in [-0.25, -0.2) is 9.97 Å². The molecule has 80 valence electrons. The van der Waals surface area contributed by atoms with Crippen LogP contribution in [0.2, 0.25) is 0 Å². The first-order chi connectivity index (χ1) is 7.29. The third-order valence-electron chi connectivity index (χ3n) is 2.03. The summed E-state index contributed by atoms with van der Waals surface area (Å²) < 4.78 is 4.21. The van der Waals surface area contributed by atoms with Crippen LogP contribution >= 0.6 is 22.9 Å². The lowest BCUT2D eigenvalue weighted by molar-refractivity contribution is 0.993. The Morgan fingerprint density at radius 2 is 2.33 bits per heavy atom. The molecule has 4 nitrogen and oxygen atoms in total. The van der Waals surface area contributed by atoms with Crippen LogP contribution in [-0.2, 0) is 13.0 Å². The van der Waals surface area contributed by atoms with Crippen molar-refractivity contribution < 1.29 is 0 Å². The third kappa shape index (κ3) is 2.51. The first-order valence-corrected chi connectivity index (χ1v) is 6.40. The van der Waals surface area contributed by atoms with Crippen molar-refractivity contribution >= 4 is 28.0 Å². The minimum atomic E-state index is 0.787. The zero-order chi connectivity index (χ0) is 10.7. The lowest BCUT2D eigenvalue weighted by Gasteiger charge is -1.99. The molecule has 1 N–H and O–H groups in total. The number of hydrogen-bond acceptors (Lipinski definition) is 6. The van der Waals surface area contributed by atoms with Crippen LogP contribution in [-0.4, -0.2) is 14.3 Å². The third-order valence-corrected chi connectivity index (χ3v) is 3.68. The van der Waals surface area contributed by atoms with Crippen molar-refractivity contribution in [2.24, 2.45) is 0 Å². The van der Waals surface area contributed by atoms with E-state index in [2.05, 4.69) is 26.6 Å². The molecule has 0 aliphatic carbocycles. The molecule has 0 aliphatic rings. The number of thiazole rings is 1. The van der Waals surface area contributed by atoms with Crippen molar-refractivity contribution in [3.63, 3.8) is 0 Å². The summed E-state index contributed by atoms with van der Waals surface area (Å²) in [6, 6.07) is 0. The average Bonchev–Trinajstić information content (AvgIpc) is 2.84. The summed E-state index contributed by atoms with van der Waals surface area (Å²) in [4.78, 5) is 9.79. The predicted molar refractivity (Wildman–Crippen MR) is 63.5 cm³/mol. The van der Waals surface area contributed by atoms with Crippen LogP contribution in [0.3, 0.4) is 0 Å². The standard InChI is InChI=1S/C9H12N4S2/c1-3-8-12-9(15-13-8)10-4-7-6(2)11-5-14-7/h5H,3-4H2,1-2H3,(H,10,12,13). The lowest BCUT2D eigenvalue weighted by atomic mass is 10.4. The van der Waals surface area contributed by atoms with E-state index in [0.29, 0.717) is 0 Å². The Labute approximate surface area is 96.6 Å². The Kier molecular flexibility index (Phi) is 3.27. The molecule has 0 unspecified atom stereocenters. The van der Waals surface area contributed by atoms with Gasteiger partial charge in [0, 0.05) is 22.8 Å². The van der Waals surface area contributed by atoms with Crippen LogP contribution in [0.4, 0.5) is 5.13 Å². The Morgan fingerprint density at radius 1 is 1.47 bits per heavy atom. The number of aromatic nitrogens is 3. The van der Waals surface area contributed by atoms with Crippen molar-refractivity contribution in [3.8, 4) is 0 Å². The summed E-state index contributed by atoms with van der Waals surface area (Å²) in [6.45, 7) is 4.86. The first kappa shape index (κ1) is 10.5. The second-order valence-electron chi connectivity index (χ2n) is 3.08. The van der Waals surface area contributed by atoms with Crippen molar-refractivity contribution in [2.45, 2.75) is 26.8 Å². The smallest absolute Gasteiger partial charge is 0.202 e. The molecule has 0 spiro atoms. The molecule has 0 saturated carbocycles. The number of nitrogens with one attached hydrogen (secondary N) is 1. The molecule has 0 amide bonds. The molecule has 0 saturated heterocycles. The normalized spacial score (nSPS) is 10.5. The number of aryl methyl sites for hydroxylation is 2. The molecule has 0 aromatic carbocycles. The van der Waals surface area contributed by atoms with E-state index in [4.69, 9.17) is 0 Å². The molecule has 0 aliphatic heterocycles. The molecule has 6 heteroatoms. The van der Waals surface area contributed by atoms with Crippen LogP contribution in [0.5, 0.6) is 0 Å². The minimum absolute atomic E-state index is 0.787. The van der Waals surface area contributed by atoms with Crippen molar-refractivity contribution in [1.82, 2.24) is 14.3 Å². The molecular formula is C9H12N4S2. The number of rotatable bonds is 4. The van der Waals surface area contributed by atoms with Crippen LogP contribution in [0.1, 0.15) is 23.3 Å². The van der Waals surface area contributed by atoms with E-state index in [9.17, 15) is 0 Å². The molecule has 0 fully saturated rings. The van der Waals surface area contributed by atoms with Gasteiger partial charge in [0.25, 0.3) is 0 Å². The predicted octanol–water partition coefficient (Wildman–Crippen LogP) is 2.48. The van der Waals surface area contributed by atoms with Gasteiger partial charge in [-0.1, -0.05) is 6.92 Å². The van der Waals surface area contributed by atoms with Crippen LogP contribution in [0.15, 0.2) is 5.51 Å². The number of nitrogens with zero attached hydrogens (tertiary/aromatic N) is 3. The van der Waals surface area contributed by atoms with E-state index in [1.165, 1.54) is 16.4 Å². The quantitative estimate of drug-likeness (QED) is 0.892. The number of anilines is 1. The summed E-state index contributed by atoms with van der Waals surface area (Å²) >= 11 is 3.08. The Morgan fingerprint density at radius 3 is 2.93 bits per heavy atom. The van der Waals surface area contributed by atoms with Crippen LogP contribution in [0, 0.1) is 6.92 Å². The molecule has 0 radical (unpaired) electrons. The fraction of sp³-hybridized carbons (Fsp3) is 0.444. The molecule has 0 bridgehead atoms. The fourth-order valence-electron chi connectivity index (χ4n) is 1.12. The van der Waals surface area contributed by atoms with Gasteiger partial charge in [0.05, 0.1) is 17.7 Å². The van der Waals surface area contributed by atoms with Gasteiger partial charge in [0.2, 0.25) is 5.13 Å². The maximum Gasteiger partial charge on any atom is 0.202 e. The molecule has 15 heavy (non-hydrogen) atoms. The lowest BCUT2D eigenvalue weighted by Crippen LogP contribution is -1.98. The van der Waals surface area contributed by atoms with Gasteiger partial charge in [0.15, 0.2) is 0 Å². The monoisotopic (exact) mass is 240 g/mol.